The van der Waals surface area contributed by atoms with Crippen molar-refractivity contribution in [2.75, 3.05) is 0 Å². The van der Waals surface area contributed by atoms with Crippen molar-refractivity contribution in [3.63, 3.8) is 0 Å². The van der Waals surface area contributed by atoms with E-state index in [1.165, 1.54) is 15.9 Å². The summed E-state index contributed by atoms with van der Waals surface area (Å²) in [6.45, 7) is 9.17. The van der Waals surface area contributed by atoms with Gasteiger partial charge in [-0.05, 0) is 29.8 Å². The first kappa shape index (κ1) is 14.8. The maximum absolute atomic E-state index is 2.56. The van der Waals surface area contributed by atoms with E-state index in [0.29, 0.717) is 5.54 Å². The lowest BCUT2D eigenvalue weighted by atomic mass is 10.4. The summed E-state index contributed by atoms with van der Waals surface area (Å²) in [6, 6.07) is 22.1. The van der Waals surface area contributed by atoms with E-state index in [0.717, 1.165) is 0 Å². The molecule has 1 heteroatoms. The highest BCUT2D eigenvalue weighted by Crippen LogP contribution is 2.23. The van der Waals surface area contributed by atoms with Crippen molar-refractivity contribution in [1.29, 1.82) is 0 Å². The summed E-state index contributed by atoms with van der Waals surface area (Å²) in [5, 5.41) is 3.00. The van der Waals surface area contributed by atoms with Crippen LogP contribution in [-0.4, -0.2) is 8.07 Å². The van der Waals surface area contributed by atoms with Gasteiger partial charge in [-0.15, -0.1) is 0 Å². The van der Waals surface area contributed by atoms with E-state index in [-0.39, 0.29) is 0 Å². The summed E-state index contributed by atoms with van der Waals surface area (Å²) < 4.78 is 0. The Kier molecular flexibility index (Phi) is 4.61. The summed E-state index contributed by atoms with van der Waals surface area (Å²) in [5.41, 5.74) is 4.60. The molecule has 0 nitrogen and oxygen atoms in total. The van der Waals surface area contributed by atoms with Crippen molar-refractivity contribution in [3.05, 3.63) is 71.9 Å². The molecular formula is C19H24Si. The van der Waals surface area contributed by atoms with Crippen molar-refractivity contribution in [2.45, 2.75) is 33.2 Å². The molecule has 0 aromatic heterocycles. The molecule has 104 valence electrons. The molecule has 0 unspecified atom stereocenters. The van der Waals surface area contributed by atoms with Crippen LogP contribution in [0.15, 0.2) is 71.9 Å². The molecule has 0 amide bonds. The summed E-state index contributed by atoms with van der Waals surface area (Å²) in [4.78, 5) is 0. The second-order valence-corrected chi connectivity index (χ2v) is 10.3. The fraction of sp³-hybridized carbons (Fsp3) is 0.263. The molecule has 2 aromatic rings. The summed E-state index contributed by atoms with van der Waals surface area (Å²) in [6.07, 6.45) is 0. The fourth-order valence-corrected chi connectivity index (χ4v) is 7.78. The van der Waals surface area contributed by atoms with Gasteiger partial charge in [-0.3, -0.25) is 0 Å². The Balaban J connectivity index is 2.73. The van der Waals surface area contributed by atoms with Gasteiger partial charge in [-0.25, -0.2) is 0 Å². The minimum Gasteiger partial charge on any atom is -0.0870 e. The minimum atomic E-state index is -1.85. The first-order valence-corrected chi connectivity index (χ1v) is 9.50. The molecule has 0 bridgehead atoms. The zero-order valence-electron chi connectivity index (χ0n) is 12.9. The molecule has 0 aliphatic heterocycles. The minimum absolute atomic E-state index is 0.627. The van der Waals surface area contributed by atoms with E-state index in [9.17, 15) is 0 Å². The second kappa shape index (κ2) is 6.23. The summed E-state index contributed by atoms with van der Waals surface area (Å²) in [7, 11) is -1.85. The van der Waals surface area contributed by atoms with Gasteiger partial charge >= 0.3 is 0 Å². The maximum atomic E-state index is 2.56. The van der Waals surface area contributed by atoms with Crippen LogP contribution in [-0.2, 0) is 0 Å². The third-order valence-corrected chi connectivity index (χ3v) is 9.36. The van der Waals surface area contributed by atoms with Gasteiger partial charge in [-0.2, -0.15) is 0 Å². The lowest BCUT2D eigenvalue weighted by molar-refractivity contribution is 1.03. The molecule has 2 rings (SSSR count). The lowest BCUT2D eigenvalue weighted by Crippen LogP contribution is -2.59. The molecule has 2 aromatic carbocycles. The van der Waals surface area contributed by atoms with Crippen molar-refractivity contribution in [3.8, 4) is 0 Å². The predicted molar refractivity (Wildman–Crippen MR) is 92.4 cm³/mol. The van der Waals surface area contributed by atoms with Gasteiger partial charge in [0.15, 0.2) is 0 Å². The second-order valence-electron chi connectivity index (χ2n) is 5.98. The molecule has 0 saturated heterocycles. The van der Waals surface area contributed by atoms with Gasteiger partial charge < -0.3 is 0 Å². The van der Waals surface area contributed by atoms with Crippen molar-refractivity contribution >= 4 is 18.4 Å². The number of benzene rings is 2. The van der Waals surface area contributed by atoms with E-state index >= 15 is 0 Å². The van der Waals surface area contributed by atoms with Gasteiger partial charge in [0, 0.05) is 0 Å². The molecular weight excluding hydrogens is 256 g/mol. The largest absolute Gasteiger partial charge is 0.143 e. The van der Waals surface area contributed by atoms with E-state index in [4.69, 9.17) is 0 Å². The van der Waals surface area contributed by atoms with E-state index in [1.54, 1.807) is 0 Å². The van der Waals surface area contributed by atoms with E-state index in [1.807, 2.05) is 0 Å². The Labute approximate surface area is 124 Å². The Morgan fingerprint density at radius 3 is 1.50 bits per heavy atom. The van der Waals surface area contributed by atoms with Crippen LogP contribution < -0.4 is 10.4 Å². The van der Waals surface area contributed by atoms with E-state index in [2.05, 4.69) is 94.1 Å². The number of rotatable bonds is 4. The van der Waals surface area contributed by atoms with Crippen molar-refractivity contribution in [2.24, 2.45) is 0 Å². The number of hydrogen-bond acceptors (Lipinski definition) is 0. The molecule has 0 aliphatic carbocycles. The average molecular weight is 280 g/mol. The maximum Gasteiger partial charge on any atom is 0.143 e. The van der Waals surface area contributed by atoms with Crippen molar-refractivity contribution < 1.29 is 0 Å². The first-order chi connectivity index (χ1) is 9.57. The number of hydrogen-bond donors (Lipinski definition) is 0. The Morgan fingerprint density at radius 1 is 0.800 bits per heavy atom. The highest BCUT2D eigenvalue weighted by Gasteiger charge is 2.38. The smallest absolute Gasteiger partial charge is 0.0870 e. The Morgan fingerprint density at radius 2 is 1.20 bits per heavy atom. The highest BCUT2D eigenvalue weighted by molar-refractivity contribution is 7.06. The number of allylic oxidation sites excluding steroid dienone is 1. The quantitative estimate of drug-likeness (QED) is 0.738. The van der Waals surface area contributed by atoms with Gasteiger partial charge in [0.2, 0.25) is 0 Å². The fourth-order valence-electron chi connectivity index (χ4n) is 3.05. The van der Waals surface area contributed by atoms with Crippen LogP contribution in [0.3, 0.4) is 0 Å². The van der Waals surface area contributed by atoms with Gasteiger partial charge in [-0.1, -0.05) is 85.8 Å². The van der Waals surface area contributed by atoms with E-state index < -0.39 is 8.07 Å². The molecule has 20 heavy (non-hydrogen) atoms. The van der Waals surface area contributed by atoms with Gasteiger partial charge in [0.05, 0.1) is 0 Å². The monoisotopic (exact) mass is 280 g/mol. The SMILES string of the molecule is CC(C)=C[Si](c1ccccc1)(c1ccccc1)C(C)C. The lowest BCUT2D eigenvalue weighted by Gasteiger charge is -2.34. The first-order valence-electron chi connectivity index (χ1n) is 7.34. The van der Waals surface area contributed by atoms with Crippen LogP contribution in [0.1, 0.15) is 27.7 Å². The van der Waals surface area contributed by atoms with Crippen LogP contribution >= 0.6 is 0 Å². The molecule has 0 N–H and O–H groups in total. The van der Waals surface area contributed by atoms with Crippen LogP contribution in [0.4, 0.5) is 0 Å². The molecule has 0 spiro atoms. The highest BCUT2D eigenvalue weighted by atomic mass is 28.3. The molecule has 0 radical (unpaired) electrons. The standard InChI is InChI=1S/C19H24Si/c1-16(2)15-20(17(3)4,18-11-7-5-8-12-18)19-13-9-6-10-14-19/h5-15,17H,1-4H3. The van der Waals surface area contributed by atoms with Crippen LogP contribution in [0.25, 0.3) is 0 Å². The average Bonchev–Trinajstić information content (AvgIpc) is 2.46. The molecule has 0 fully saturated rings. The third kappa shape index (κ3) is 2.78. The Hall–Kier alpha value is -1.60. The zero-order chi connectivity index (χ0) is 14.6. The molecule has 0 atom stereocenters. The van der Waals surface area contributed by atoms with Crippen LogP contribution in [0, 0.1) is 0 Å². The summed E-state index contributed by atoms with van der Waals surface area (Å²) in [5.74, 6) is 0. The molecule has 0 saturated carbocycles. The van der Waals surface area contributed by atoms with Crippen LogP contribution in [0.5, 0.6) is 0 Å². The zero-order valence-corrected chi connectivity index (χ0v) is 13.9. The normalized spacial score (nSPS) is 11.4. The summed E-state index contributed by atoms with van der Waals surface area (Å²) >= 11 is 0. The Bertz CT molecular complexity index is 524. The van der Waals surface area contributed by atoms with Crippen molar-refractivity contribution in [1.82, 2.24) is 0 Å². The third-order valence-electron chi connectivity index (χ3n) is 3.93. The van der Waals surface area contributed by atoms with Gasteiger partial charge in [0.1, 0.15) is 8.07 Å². The topological polar surface area (TPSA) is 0 Å². The molecule has 0 aliphatic rings. The van der Waals surface area contributed by atoms with Crippen LogP contribution in [0.2, 0.25) is 5.54 Å². The predicted octanol–water partition coefficient (Wildman–Crippen LogP) is 4.17. The molecule has 0 heterocycles. The van der Waals surface area contributed by atoms with Gasteiger partial charge in [0.25, 0.3) is 0 Å².